The van der Waals surface area contributed by atoms with Crippen molar-refractivity contribution in [3.8, 4) is 0 Å². The van der Waals surface area contributed by atoms with Crippen molar-refractivity contribution in [1.29, 1.82) is 0 Å². The van der Waals surface area contributed by atoms with Gasteiger partial charge in [0.2, 0.25) is 0 Å². The van der Waals surface area contributed by atoms with Gasteiger partial charge in [-0.2, -0.15) is 5.10 Å². The molecule has 1 fully saturated rings. The van der Waals surface area contributed by atoms with Crippen LogP contribution in [0.1, 0.15) is 17.8 Å². The fourth-order valence-corrected chi connectivity index (χ4v) is 2.62. The number of nitrogens with one attached hydrogen (secondary N) is 1. The maximum Gasteiger partial charge on any atom is 0.129 e. The molecule has 6 heteroatoms. The molecule has 0 aromatic carbocycles. The highest BCUT2D eigenvalue weighted by molar-refractivity contribution is 5.36. The van der Waals surface area contributed by atoms with Crippen molar-refractivity contribution in [2.75, 3.05) is 18.4 Å². The average Bonchev–Trinajstić information content (AvgIpc) is 3.01. The van der Waals surface area contributed by atoms with Gasteiger partial charge in [-0.25, -0.2) is 9.97 Å². The quantitative estimate of drug-likeness (QED) is 0.906. The van der Waals surface area contributed by atoms with Gasteiger partial charge in [0.05, 0.1) is 5.69 Å². The molecule has 20 heavy (non-hydrogen) atoms. The van der Waals surface area contributed by atoms with Crippen molar-refractivity contribution >= 4 is 5.82 Å². The Balaban J connectivity index is 1.56. The molecule has 1 saturated heterocycles. The Hall–Kier alpha value is -1.95. The van der Waals surface area contributed by atoms with E-state index in [-0.39, 0.29) is 0 Å². The lowest BCUT2D eigenvalue weighted by atomic mass is 10.2. The van der Waals surface area contributed by atoms with Crippen LogP contribution in [0.4, 0.5) is 5.82 Å². The van der Waals surface area contributed by atoms with Crippen LogP contribution in [-0.4, -0.2) is 43.8 Å². The molecular formula is C14H20N6. The van der Waals surface area contributed by atoms with Crippen LogP contribution in [0, 0.1) is 6.92 Å². The zero-order chi connectivity index (χ0) is 13.9. The van der Waals surface area contributed by atoms with E-state index in [0.29, 0.717) is 6.04 Å². The number of anilines is 1. The zero-order valence-electron chi connectivity index (χ0n) is 12.0. The summed E-state index contributed by atoms with van der Waals surface area (Å²) >= 11 is 0. The number of hydrogen-bond donors (Lipinski definition) is 1. The second-order valence-corrected chi connectivity index (χ2v) is 5.36. The predicted octanol–water partition coefficient (Wildman–Crippen LogP) is 1.20. The van der Waals surface area contributed by atoms with Gasteiger partial charge in [0.15, 0.2) is 0 Å². The van der Waals surface area contributed by atoms with Crippen molar-refractivity contribution in [2.24, 2.45) is 7.05 Å². The minimum absolute atomic E-state index is 0.456. The lowest BCUT2D eigenvalue weighted by Crippen LogP contribution is -2.27. The summed E-state index contributed by atoms with van der Waals surface area (Å²) < 4.78 is 1.94. The molecule has 1 atom stereocenters. The van der Waals surface area contributed by atoms with Gasteiger partial charge in [-0.1, -0.05) is 0 Å². The second-order valence-electron chi connectivity index (χ2n) is 5.36. The first kappa shape index (κ1) is 13.1. The Kier molecular flexibility index (Phi) is 3.64. The summed E-state index contributed by atoms with van der Waals surface area (Å²) in [5.41, 5.74) is 2.25. The molecule has 0 amide bonds. The van der Waals surface area contributed by atoms with Gasteiger partial charge in [-0.15, -0.1) is 0 Å². The molecular weight excluding hydrogens is 252 g/mol. The number of likely N-dealkylation sites (tertiary alicyclic amines) is 1. The third kappa shape index (κ3) is 2.96. The minimum atomic E-state index is 0.456. The Morgan fingerprint density at radius 1 is 1.40 bits per heavy atom. The molecule has 1 aliphatic rings. The molecule has 0 saturated carbocycles. The number of rotatable bonds is 4. The first-order chi connectivity index (χ1) is 9.70. The fourth-order valence-electron chi connectivity index (χ4n) is 2.62. The average molecular weight is 272 g/mol. The fraction of sp³-hybridized carbons (Fsp3) is 0.500. The molecule has 0 radical (unpaired) electrons. The van der Waals surface area contributed by atoms with Gasteiger partial charge in [0.25, 0.3) is 0 Å². The number of hydrogen-bond acceptors (Lipinski definition) is 5. The summed E-state index contributed by atoms with van der Waals surface area (Å²) in [5.74, 6) is 0.921. The first-order valence-corrected chi connectivity index (χ1v) is 6.95. The number of aromatic nitrogens is 4. The van der Waals surface area contributed by atoms with E-state index in [1.54, 1.807) is 6.33 Å². The van der Waals surface area contributed by atoms with Gasteiger partial charge in [0, 0.05) is 50.7 Å². The van der Waals surface area contributed by atoms with E-state index in [9.17, 15) is 0 Å². The van der Waals surface area contributed by atoms with E-state index < -0.39 is 0 Å². The summed E-state index contributed by atoms with van der Waals surface area (Å²) in [6.45, 7) is 5.08. The van der Waals surface area contributed by atoms with Gasteiger partial charge in [-0.05, 0) is 19.4 Å². The van der Waals surface area contributed by atoms with Crippen LogP contribution in [0.15, 0.2) is 24.7 Å². The normalized spacial score (nSPS) is 19.4. The zero-order valence-corrected chi connectivity index (χ0v) is 12.0. The summed E-state index contributed by atoms with van der Waals surface area (Å²) in [6, 6.07) is 4.52. The van der Waals surface area contributed by atoms with Crippen molar-refractivity contribution < 1.29 is 0 Å². The number of aryl methyl sites for hydroxylation is 2. The smallest absolute Gasteiger partial charge is 0.129 e. The molecule has 2 aromatic rings. The predicted molar refractivity (Wildman–Crippen MR) is 77.3 cm³/mol. The number of nitrogens with zero attached hydrogens (tertiary/aromatic N) is 5. The maximum absolute atomic E-state index is 4.26. The van der Waals surface area contributed by atoms with Crippen LogP contribution in [-0.2, 0) is 13.6 Å². The summed E-state index contributed by atoms with van der Waals surface area (Å²) in [4.78, 5) is 10.8. The molecule has 0 bridgehead atoms. The van der Waals surface area contributed by atoms with Crippen molar-refractivity contribution in [1.82, 2.24) is 24.6 Å². The largest absolute Gasteiger partial charge is 0.366 e. The molecule has 6 nitrogen and oxygen atoms in total. The Labute approximate surface area is 118 Å². The van der Waals surface area contributed by atoms with Crippen LogP contribution in [0.3, 0.4) is 0 Å². The van der Waals surface area contributed by atoms with Crippen molar-refractivity contribution in [3.63, 3.8) is 0 Å². The molecule has 2 aromatic heterocycles. The summed E-state index contributed by atoms with van der Waals surface area (Å²) in [6.07, 6.45) is 4.60. The van der Waals surface area contributed by atoms with Crippen LogP contribution in [0.25, 0.3) is 0 Å². The summed E-state index contributed by atoms with van der Waals surface area (Å²) in [5, 5.41) is 7.70. The standard InChI is InChI=1S/C14H20N6/c1-11-7-14(16-10-15-11)18-12-4-6-20(8-12)9-13-3-5-17-19(13)2/h3,5,7,10,12H,4,6,8-9H2,1-2H3,(H,15,16,18). The van der Waals surface area contributed by atoms with Crippen LogP contribution < -0.4 is 5.32 Å². The minimum Gasteiger partial charge on any atom is -0.366 e. The molecule has 3 heterocycles. The highest BCUT2D eigenvalue weighted by atomic mass is 15.3. The third-order valence-electron chi connectivity index (χ3n) is 3.74. The highest BCUT2D eigenvalue weighted by Gasteiger charge is 2.23. The van der Waals surface area contributed by atoms with E-state index in [0.717, 1.165) is 37.6 Å². The van der Waals surface area contributed by atoms with Gasteiger partial charge in [0.1, 0.15) is 12.1 Å². The third-order valence-corrected chi connectivity index (χ3v) is 3.74. The maximum atomic E-state index is 4.26. The SMILES string of the molecule is Cc1cc(NC2CCN(Cc3ccnn3C)C2)ncn1. The lowest BCUT2D eigenvalue weighted by molar-refractivity contribution is 0.318. The molecule has 1 unspecified atom stereocenters. The molecule has 3 rings (SSSR count). The molecule has 106 valence electrons. The second kappa shape index (κ2) is 5.58. The molecule has 1 N–H and O–H groups in total. The van der Waals surface area contributed by atoms with E-state index >= 15 is 0 Å². The van der Waals surface area contributed by atoms with Crippen molar-refractivity contribution in [3.05, 3.63) is 36.0 Å². The monoisotopic (exact) mass is 272 g/mol. The molecule has 0 aliphatic carbocycles. The van der Waals surface area contributed by atoms with E-state index in [2.05, 4.69) is 31.3 Å². The van der Waals surface area contributed by atoms with E-state index in [1.807, 2.05) is 30.9 Å². The Morgan fingerprint density at radius 3 is 3.05 bits per heavy atom. The van der Waals surface area contributed by atoms with Gasteiger partial charge >= 0.3 is 0 Å². The van der Waals surface area contributed by atoms with Crippen LogP contribution >= 0.6 is 0 Å². The lowest BCUT2D eigenvalue weighted by Gasteiger charge is -2.17. The molecule has 0 spiro atoms. The van der Waals surface area contributed by atoms with E-state index in [4.69, 9.17) is 0 Å². The van der Waals surface area contributed by atoms with Gasteiger partial charge in [-0.3, -0.25) is 9.58 Å². The Bertz CT molecular complexity index is 579. The highest BCUT2D eigenvalue weighted by Crippen LogP contribution is 2.16. The van der Waals surface area contributed by atoms with Crippen LogP contribution in [0.5, 0.6) is 0 Å². The van der Waals surface area contributed by atoms with Gasteiger partial charge < -0.3 is 5.32 Å². The van der Waals surface area contributed by atoms with Crippen molar-refractivity contribution in [2.45, 2.75) is 25.9 Å². The van der Waals surface area contributed by atoms with Crippen LogP contribution in [0.2, 0.25) is 0 Å². The first-order valence-electron chi connectivity index (χ1n) is 6.95. The topological polar surface area (TPSA) is 58.9 Å². The Morgan fingerprint density at radius 2 is 2.30 bits per heavy atom. The summed E-state index contributed by atoms with van der Waals surface area (Å²) in [7, 11) is 1.99. The van der Waals surface area contributed by atoms with E-state index in [1.165, 1.54) is 5.69 Å². The molecule has 1 aliphatic heterocycles.